The van der Waals surface area contributed by atoms with Gasteiger partial charge in [0.1, 0.15) is 5.01 Å². The Morgan fingerprint density at radius 3 is 2.78 bits per heavy atom. The average molecular weight is 385 g/mol. The van der Waals surface area contributed by atoms with E-state index in [1.807, 2.05) is 23.6 Å². The fourth-order valence-electron chi connectivity index (χ4n) is 4.21. The van der Waals surface area contributed by atoms with Crippen molar-refractivity contribution >= 4 is 17.2 Å². The normalized spacial score (nSPS) is 21.3. The van der Waals surface area contributed by atoms with E-state index in [0.29, 0.717) is 12.5 Å². The van der Waals surface area contributed by atoms with E-state index in [1.54, 1.807) is 17.5 Å². The molecule has 2 fully saturated rings. The highest BCUT2D eigenvalue weighted by Gasteiger charge is 2.29. The van der Waals surface area contributed by atoms with Crippen molar-refractivity contribution in [2.75, 3.05) is 26.2 Å². The van der Waals surface area contributed by atoms with Crippen molar-refractivity contribution in [2.24, 2.45) is 0 Å². The van der Waals surface area contributed by atoms with Crippen LogP contribution in [0, 0.1) is 0 Å². The third-order valence-electron chi connectivity index (χ3n) is 5.63. The number of amides is 1. The summed E-state index contributed by atoms with van der Waals surface area (Å²) >= 11 is 1.57. The van der Waals surface area contributed by atoms with E-state index in [2.05, 4.69) is 19.8 Å². The van der Waals surface area contributed by atoms with E-state index in [1.165, 1.54) is 38.8 Å². The van der Waals surface area contributed by atoms with Crippen molar-refractivity contribution in [1.82, 2.24) is 19.8 Å². The second kappa shape index (κ2) is 8.93. The molecule has 0 spiro atoms. The summed E-state index contributed by atoms with van der Waals surface area (Å²) in [6.07, 6.45) is 9.64. The molecule has 0 bridgehead atoms. The van der Waals surface area contributed by atoms with Gasteiger partial charge in [0.15, 0.2) is 0 Å². The third-order valence-corrected chi connectivity index (χ3v) is 6.55. The molecule has 2 aliphatic rings. The standard InChI is InChI=1S/C21H28N4OS/c26-20(14-17-16-27-21(23-17)19-9-2-4-10-22-19)25-13-7-3-8-18(25)15-24-11-5-1-6-12-24/h2,4,9-10,16,18H,1,3,5-8,11-15H2/t18-/m1/s1. The first-order valence-electron chi connectivity index (χ1n) is 10.2. The number of carbonyl (C=O) groups is 1. The summed E-state index contributed by atoms with van der Waals surface area (Å²) in [5, 5.41) is 2.90. The first-order valence-corrected chi connectivity index (χ1v) is 11.1. The zero-order chi connectivity index (χ0) is 18.5. The lowest BCUT2D eigenvalue weighted by atomic mass is 9.99. The van der Waals surface area contributed by atoms with Crippen molar-refractivity contribution in [1.29, 1.82) is 0 Å². The van der Waals surface area contributed by atoms with Crippen molar-refractivity contribution in [3.8, 4) is 10.7 Å². The predicted molar refractivity (Wildman–Crippen MR) is 109 cm³/mol. The van der Waals surface area contributed by atoms with Gasteiger partial charge >= 0.3 is 0 Å². The Hall–Kier alpha value is -1.79. The molecule has 2 aromatic heterocycles. The zero-order valence-electron chi connectivity index (χ0n) is 15.8. The van der Waals surface area contributed by atoms with Gasteiger partial charge in [-0.3, -0.25) is 9.78 Å². The molecule has 4 heterocycles. The van der Waals surface area contributed by atoms with Crippen LogP contribution >= 0.6 is 11.3 Å². The van der Waals surface area contributed by atoms with Crippen LogP contribution < -0.4 is 0 Å². The predicted octanol–water partition coefficient (Wildman–Crippen LogP) is 3.61. The Balaban J connectivity index is 1.39. The largest absolute Gasteiger partial charge is 0.338 e. The summed E-state index contributed by atoms with van der Waals surface area (Å²) in [6, 6.07) is 6.20. The van der Waals surface area contributed by atoms with E-state index < -0.39 is 0 Å². The SMILES string of the molecule is O=C(Cc1csc(-c2ccccn2)n1)N1CCCC[C@@H]1CN1CCCCC1. The van der Waals surface area contributed by atoms with Crippen LogP contribution in [0.15, 0.2) is 29.8 Å². The molecule has 144 valence electrons. The molecule has 2 aliphatic heterocycles. The van der Waals surface area contributed by atoms with Crippen LogP contribution in [-0.2, 0) is 11.2 Å². The molecular weight excluding hydrogens is 356 g/mol. The van der Waals surface area contributed by atoms with Gasteiger partial charge in [0, 0.05) is 30.7 Å². The molecule has 0 N–H and O–H groups in total. The monoisotopic (exact) mass is 384 g/mol. The molecule has 2 saturated heterocycles. The van der Waals surface area contributed by atoms with Gasteiger partial charge in [-0.15, -0.1) is 11.3 Å². The molecule has 27 heavy (non-hydrogen) atoms. The second-order valence-corrected chi connectivity index (χ2v) is 8.49. The van der Waals surface area contributed by atoms with Gasteiger partial charge in [-0.1, -0.05) is 12.5 Å². The van der Waals surface area contributed by atoms with Gasteiger partial charge in [-0.05, 0) is 57.3 Å². The Morgan fingerprint density at radius 1 is 1.11 bits per heavy atom. The second-order valence-electron chi connectivity index (χ2n) is 7.63. The van der Waals surface area contributed by atoms with Gasteiger partial charge in [0.2, 0.25) is 5.91 Å². The number of pyridine rings is 1. The minimum atomic E-state index is 0.231. The van der Waals surface area contributed by atoms with E-state index in [4.69, 9.17) is 0 Å². The number of carbonyl (C=O) groups excluding carboxylic acids is 1. The highest BCUT2D eigenvalue weighted by Crippen LogP contribution is 2.24. The number of aromatic nitrogens is 2. The molecule has 5 nitrogen and oxygen atoms in total. The van der Waals surface area contributed by atoms with Crippen LogP contribution in [0.1, 0.15) is 44.2 Å². The van der Waals surface area contributed by atoms with Crippen molar-refractivity contribution in [3.05, 3.63) is 35.5 Å². The maximum Gasteiger partial charge on any atom is 0.228 e. The summed E-state index contributed by atoms with van der Waals surface area (Å²) in [7, 11) is 0. The highest BCUT2D eigenvalue weighted by molar-refractivity contribution is 7.13. The number of hydrogen-bond acceptors (Lipinski definition) is 5. The van der Waals surface area contributed by atoms with E-state index >= 15 is 0 Å². The lowest BCUT2D eigenvalue weighted by Crippen LogP contribution is -2.50. The van der Waals surface area contributed by atoms with Gasteiger partial charge in [0.05, 0.1) is 17.8 Å². The molecule has 4 rings (SSSR count). The Morgan fingerprint density at radius 2 is 1.96 bits per heavy atom. The number of hydrogen-bond donors (Lipinski definition) is 0. The summed E-state index contributed by atoms with van der Waals surface area (Å²) in [4.78, 5) is 26.7. The van der Waals surface area contributed by atoms with Gasteiger partial charge < -0.3 is 9.80 Å². The molecule has 1 amide bonds. The fourth-order valence-corrected chi connectivity index (χ4v) is 5.01. The highest BCUT2D eigenvalue weighted by atomic mass is 32.1. The number of likely N-dealkylation sites (tertiary alicyclic amines) is 2. The van der Waals surface area contributed by atoms with Crippen LogP contribution in [0.4, 0.5) is 0 Å². The van der Waals surface area contributed by atoms with Gasteiger partial charge in [-0.25, -0.2) is 4.98 Å². The van der Waals surface area contributed by atoms with E-state index in [0.717, 1.165) is 42.3 Å². The Labute approximate surface area is 165 Å². The quantitative estimate of drug-likeness (QED) is 0.790. The fraction of sp³-hybridized carbons (Fsp3) is 0.571. The minimum Gasteiger partial charge on any atom is -0.338 e. The number of piperidine rings is 2. The molecule has 0 aromatic carbocycles. The lowest BCUT2D eigenvalue weighted by molar-refractivity contribution is -0.134. The number of thiazole rings is 1. The maximum atomic E-state index is 13.0. The van der Waals surface area contributed by atoms with Gasteiger partial charge in [0.25, 0.3) is 0 Å². The summed E-state index contributed by atoms with van der Waals surface area (Å²) in [5.74, 6) is 0.231. The molecule has 1 atom stereocenters. The van der Waals surface area contributed by atoms with Gasteiger partial charge in [-0.2, -0.15) is 0 Å². The summed E-state index contributed by atoms with van der Waals surface area (Å²) in [5.41, 5.74) is 1.75. The summed E-state index contributed by atoms with van der Waals surface area (Å²) in [6.45, 7) is 4.33. The molecular formula is C21H28N4OS. The molecule has 0 unspecified atom stereocenters. The zero-order valence-corrected chi connectivity index (χ0v) is 16.7. The van der Waals surface area contributed by atoms with E-state index in [9.17, 15) is 4.79 Å². The molecule has 2 aromatic rings. The Bertz CT molecular complexity index is 742. The minimum absolute atomic E-state index is 0.231. The third kappa shape index (κ3) is 4.74. The van der Waals surface area contributed by atoms with Crippen LogP contribution in [-0.4, -0.2) is 57.9 Å². The first-order chi connectivity index (χ1) is 13.3. The molecule has 6 heteroatoms. The van der Waals surface area contributed by atoms with E-state index in [-0.39, 0.29) is 5.91 Å². The number of rotatable bonds is 5. The van der Waals surface area contributed by atoms with Crippen LogP contribution in [0.3, 0.4) is 0 Å². The van der Waals surface area contributed by atoms with Crippen molar-refractivity contribution in [2.45, 2.75) is 51.0 Å². The number of nitrogens with zero attached hydrogens (tertiary/aromatic N) is 4. The first kappa shape index (κ1) is 18.6. The topological polar surface area (TPSA) is 49.3 Å². The average Bonchev–Trinajstić information content (AvgIpc) is 3.18. The van der Waals surface area contributed by atoms with Crippen LogP contribution in [0.25, 0.3) is 10.7 Å². The summed E-state index contributed by atoms with van der Waals surface area (Å²) < 4.78 is 0. The van der Waals surface area contributed by atoms with Crippen LogP contribution in [0.2, 0.25) is 0 Å². The maximum absolute atomic E-state index is 13.0. The van der Waals surface area contributed by atoms with Crippen molar-refractivity contribution in [3.63, 3.8) is 0 Å². The molecule has 0 aliphatic carbocycles. The van der Waals surface area contributed by atoms with Crippen LogP contribution in [0.5, 0.6) is 0 Å². The molecule has 0 saturated carbocycles. The smallest absolute Gasteiger partial charge is 0.228 e. The molecule has 0 radical (unpaired) electrons. The Kier molecular flexibility index (Phi) is 6.14. The van der Waals surface area contributed by atoms with Crippen molar-refractivity contribution < 1.29 is 4.79 Å². The lowest BCUT2D eigenvalue weighted by Gasteiger charge is -2.39.